The molecular formula is C10H16ClNO2S. The van der Waals surface area contributed by atoms with Gasteiger partial charge >= 0.3 is 0 Å². The SMILES string of the molecule is O=S(=O)(CCCl)N1C[C@H]2CC=CC[C@H]2C1. The molecule has 0 N–H and O–H groups in total. The normalized spacial score (nSPS) is 31.8. The quantitative estimate of drug-likeness (QED) is 0.561. The first-order valence-corrected chi connectivity index (χ1v) is 7.46. The molecule has 1 aliphatic carbocycles. The van der Waals surface area contributed by atoms with E-state index in [4.69, 9.17) is 11.6 Å². The fraction of sp³-hybridized carbons (Fsp3) is 0.800. The highest BCUT2D eigenvalue weighted by atomic mass is 35.5. The number of hydrogen-bond acceptors (Lipinski definition) is 2. The van der Waals surface area contributed by atoms with Gasteiger partial charge < -0.3 is 0 Å². The molecule has 1 aliphatic heterocycles. The van der Waals surface area contributed by atoms with Gasteiger partial charge in [-0.3, -0.25) is 0 Å². The summed E-state index contributed by atoms with van der Waals surface area (Å²) in [6, 6.07) is 0. The third kappa shape index (κ3) is 2.37. The number of sulfonamides is 1. The molecule has 0 amide bonds. The molecule has 1 saturated heterocycles. The van der Waals surface area contributed by atoms with E-state index in [1.807, 2.05) is 0 Å². The Morgan fingerprint density at radius 1 is 1.20 bits per heavy atom. The van der Waals surface area contributed by atoms with Gasteiger partial charge in [0, 0.05) is 19.0 Å². The van der Waals surface area contributed by atoms with Crippen molar-refractivity contribution in [2.75, 3.05) is 24.7 Å². The lowest BCUT2D eigenvalue weighted by Crippen LogP contribution is -2.31. The third-order valence-electron chi connectivity index (χ3n) is 3.32. The van der Waals surface area contributed by atoms with Crippen molar-refractivity contribution < 1.29 is 8.42 Å². The van der Waals surface area contributed by atoms with Crippen molar-refractivity contribution in [2.24, 2.45) is 11.8 Å². The van der Waals surface area contributed by atoms with Gasteiger partial charge in [0.2, 0.25) is 10.0 Å². The van der Waals surface area contributed by atoms with Gasteiger partial charge in [-0.2, -0.15) is 0 Å². The number of nitrogens with zero attached hydrogens (tertiary/aromatic N) is 1. The lowest BCUT2D eigenvalue weighted by atomic mass is 9.86. The van der Waals surface area contributed by atoms with Gasteiger partial charge in [0.15, 0.2) is 0 Å². The average Bonchev–Trinajstić information content (AvgIpc) is 2.61. The van der Waals surface area contributed by atoms with Crippen LogP contribution in [0.2, 0.25) is 0 Å². The second kappa shape index (κ2) is 4.44. The summed E-state index contributed by atoms with van der Waals surface area (Å²) < 4.78 is 25.2. The van der Waals surface area contributed by atoms with Gasteiger partial charge in [0.25, 0.3) is 0 Å². The van der Waals surface area contributed by atoms with Crippen molar-refractivity contribution in [3.05, 3.63) is 12.2 Å². The Hall–Kier alpha value is -0.0600. The zero-order valence-electron chi connectivity index (χ0n) is 8.60. The Labute approximate surface area is 96.1 Å². The van der Waals surface area contributed by atoms with Crippen molar-refractivity contribution in [1.29, 1.82) is 0 Å². The highest BCUT2D eigenvalue weighted by Crippen LogP contribution is 2.34. The van der Waals surface area contributed by atoms with Crippen LogP contribution in [-0.4, -0.2) is 37.4 Å². The molecule has 3 nitrogen and oxygen atoms in total. The minimum absolute atomic E-state index is 0.0709. The van der Waals surface area contributed by atoms with Crippen LogP contribution in [0.5, 0.6) is 0 Å². The Balaban J connectivity index is 2.04. The summed E-state index contributed by atoms with van der Waals surface area (Å²) in [5.41, 5.74) is 0. The van der Waals surface area contributed by atoms with E-state index < -0.39 is 10.0 Å². The standard InChI is InChI=1S/C10H16ClNO2S/c11-5-6-15(13,14)12-7-9-3-1-2-4-10(9)8-12/h1-2,9-10H,3-8H2/t9-,10+. The number of rotatable bonds is 3. The lowest BCUT2D eigenvalue weighted by Gasteiger charge is -2.18. The molecule has 86 valence electrons. The van der Waals surface area contributed by atoms with Crippen LogP contribution in [0.3, 0.4) is 0 Å². The minimum Gasteiger partial charge on any atom is -0.212 e. The van der Waals surface area contributed by atoms with Gasteiger partial charge in [-0.25, -0.2) is 12.7 Å². The predicted octanol–water partition coefficient (Wildman–Crippen LogP) is 1.45. The first-order chi connectivity index (χ1) is 7.13. The molecule has 0 saturated carbocycles. The van der Waals surface area contributed by atoms with Gasteiger partial charge in [-0.05, 0) is 24.7 Å². The van der Waals surface area contributed by atoms with Crippen LogP contribution in [0.25, 0.3) is 0 Å². The first kappa shape index (κ1) is 11.4. The fourth-order valence-corrected chi connectivity index (χ4v) is 4.30. The molecule has 1 heterocycles. The van der Waals surface area contributed by atoms with Crippen LogP contribution in [0.4, 0.5) is 0 Å². The van der Waals surface area contributed by atoms with Crippen molar-refractivity contribution >= 4 is 21.6 Å². The van der Waals surface area contributed by atoms with E-state index >= 15 is 0 Å². The number of alkyl halides is 1. The minimum atomic E-state index is -3.09. The van der Waals surface area contributed by atoms with E-state index in [2.05, 4.69) is 12.2 Å². The summed E-state index contributed by atoms with van der Waals surface area (Å²) >= 11 is 5.50. The number of fused-ring (bicyclic) bond motifs is 1. The topological polar surface area (TPSA) is 37.4 Å². The van der Waals surface area contributed by atoms with Gasteiger partial charge in [0.1, 0.15) is 0 Å². The molecule has 1 fully saturated rings. The smallest absolute Gasteiger partial charge is 0.212 e. The monoisotopic (exact) mass is 249 g/mol. The Morgan fingerprint density at radius 2 is 1.73 bits per heavy atom. The molecule has 0 aromatic rings. The predicted molar refractivity (Wildman–Crippen MR) is 61.4 cm³/mol. The largest absolute Gasteiger partial charge is 0.215 e. The molecule has 5 heteroatoms. The highest BCUT2D eigenvalue weighted by molar-refractivity contribution is 7.89. The van der Waals surface area contributed by atoms with Crippen LogP contribution >= 0.6 is 11.6 Å². The van der Waals surface area contributed by atoms with Gasteiger partial charge in [-0.15, -0.1) is 11.6 Å². The second-order valence-corrected chi connectivity index (χ2v) is 6.75. The Bertz CT molecular complexity index is 336. The van der Waals surface area contributed by atoms with Crippen LogP contribution in [0.1, 0.15) is 12.8 Å². The molecule has 0 radical (unpaired) electrons. The van der Waals surface area contributed by atoms with Crippen LogP contribution in [-0.2, 0) is 10.0 Å². The summed E-state index contributed by atoms with van der Waals surface area (Å²) in [6.07, 6.45) is 6.38. The lowest BCUT2D eigenvalue weighted by molar-refractivity contribution is 0.411. The van der Waals surface area contributed by atoms with Gasteiger partial charge in [-0.1, -0.05) is 12.2 Å². The van der Waals surface area contributed by atoms with Gasteiger partial charge in [0.05, 0.1) is 5.75 Å². The summed E-state index contributed by atoms with van der Waals surface area (Å²) in [7, 11) is -3.09. The molecule has 0 bridgehead atoms. The maximum absolute atomic E-state index is 11.8. The van der Waals surface area contributed by atoms with E-state index in [1.165, 1.54) is 0 Å². The molecule has 15 heavy (non-hydrogen) atoms. The summed E-state index contributed by atoms with van der Waals surface area (Å²) in [4.78, 5) is 0. The molecule has 2 atom stereocenters. The van der Waals surface area contributed by atoms with Crippen LogP contribution < -0.4 is 0 Å². The molecule has 2 rings (SSSR count). The molecular weight excluding hydrogens is 234 g/mol. The molecule has 0 aromatic carbocycles. The summed E-state index contributed by atoms with van der Waals surface area (Å²) in [5.74, 6) is 1.31. The highest BCUT2D eigenvalue weighted by Gasteiger charge is 2.37. The first-order valence-electron chi connectivity index (χ1n) is 5.32. The van der Waals surface area contributed by atoms with Crippen molar-refractivity contribution in [3.63, 3.8) is 0 Å². The second-order valence-electron chi connectivity index (χ2n) is 4.28. The molecule has 0 aromatic heterocycles. The van der Waals surface area contributed by atoms with E-state index in [0.29, 0.717) is 24.9 Å². The molecule has 2 aliphatic rings. The maximum Gasteiger partial charge on any atom is 0.215 e. The summed E-state index contributed by atoms with van der Waals surface area (Å²) in [5, 5.41) is 0. The van der Waals surface area contributed by atoms with E-state index in [1.54, 1.807) is 4.31 Å². The fourth-order valence-electron chi connectivity index (χ4n) is 2.43. The maximum atomic E-state index is 11.8. The van der Waals surface area contributed by atoms with Crippen molar-refractivity contribution in [3.8, 4) is 0 Å². The number of hydrogen-bond donors (Lipinski definition) is 0. The Kier molecular flexibility index (Phi) is 3.38. The van der Waals surface area contributed by atoms with E-state index in [0.717, 1.165) is 12.8 Å². The summed E-state index contributed by atoms with van der Waals surface area (Å²) in [6.45, 7) is 1.38. The van der Waals surface area contributed by atoms with E-state index in [9.17, 15) is 8.42 Å². The number of allylic oxidation sites excluding steroid dienone is 2. The van der Waals surface area contributed by atoms with Crippen LogP contribution in [0.15, 0.2) is 12.2 Å². The van der Waals surface area contributed by atoms with Crippen molar-refractivity contribution in [1.82, 2.24) is 4.31 Å². The molecule has 0 spiro atoms. The average molecular weight is 250 g/mol. The number of halogens is 1. The Morgan fingerprint density at radius 3 is 2.20 bits per heavy atom. The van der Waals surface area contributed by atoms with Crippen LogP contribution in [0, 0.1) is 11.8 Å². The van der Waals surface area contributed by atoms with Crippen molar-refractivity contribution in [2.45, 2.75) is 12.8 Å². The third-order valence-corrected chi connectivity index (χ3v) is 5.53. The zero-order valence-corrected chi connectivity index (χ0v) is 10.2. The molecule has 0 unspecified atom stereocenters. The zero-order chi connectivity index (χ0) is 10.9. The van der Waals surface area contributed by atoms with E-state index in [-0.39, 0.29) is 11.6 Å².